The average Bonchev–Trinajstić information content (AvgIpc) is 3.08. The van der Waals surface area contributed by atoms with Gasteiger partial charge in [-0.25, -0.2) is 4.98 Å². The molecule has 0 bridgehead atoms. The van der Waals surface area contributed by atoms with Gasteiger partial charge in [-0.1, -0.05) is 13.3 Å². The van der Waals surface area contributed by atoms with Gasteiger partial charge < -0.3 is 10.7 Å². The Labute approximate surface area is 101 Å². The standard InChI is InChI=1S/C12H18N4O/c1-2-3-8-6-11(8)15-12(17)10-5-4-9(16-13)7-14-10/h4-5,7-8,11,16H,2-3,6,13H2,1H3,(H,15,17). The first-order valence-electron chi connectivity index (χ1n) is 5.98. The Morgan fingerprint density at radius 3 is 3.00 bits per heavy atom. The molecular weight excluding hydrogens is 216 g/mol. The summed E-state index contributed by atoms with van der Waals surface area (Å²) in [5.74, 6) is 5.79. The van der Waals surface area contributed by atoms with Crippen molar-refractivity contribution in [2.24, 2.45) is 11.8 Å². The van der Waals surface area contributed by atoms with Crippen LogP contribution in [0.15, 0.2) is 18.3 Å². The second-order valence-corrected chi connectivity index (χ2v) is 4.44. The average molecular weight is 234 g/mol. The molecule has 0 spiro atoms. The van der Waals surface area contributed by atoms with Crippen LogP contribution in [0.3, 0.4) is 0 Å². The van der Waals surface area contributed by atoms with E-state index in [0.29, 0.717) is 23.3 Å². The highest BCUT2D eigenvalue weighted by atomic mass is 16.2. The summed E-state index contributed by atoms with van der Waals surface area (Å²) in [5, 5.41) is 2.99. The lowest BCUT2D eigenvalue weighted by atomic mass is 10.2. The van der Waals surface area contributed by atoms with Crippen LogP contribution in [0, 0.1) is 5.92 Å². The van der Waals surface area contributed by atoms with Crippen molar-refractivity contribution >= 4 is 11.6 Å². The summed E-state index contributed by atoms with van der Waals surface area (Å²) in [4.78, 5) is 15.9. The maximum atomic E-state index is 11.8. The van der Waals surface area contributed by atoms with Crippen molar-refractivity contribution in [1.29, 1.82) is 0 Å². The second-order valence-electron chi connectivity index (χ2n) is 4.44. The number of nitrogen functional groups attached to an aromatic ring is 1. The molecule has 1 aliphatic rings. The topological polar surface area (TPSA) is 80.0 Å². The van der Waals surface area contributed by atoms with Crippen LogP contribution in [0.4, 0.5) is 5.69 Å². The van der Waals surface area contributed by atoms with Crippen molar-refractivity contribution in [2.45, 2.75) is 32.2 Å². The predicted octanol–water partition coefficient (Wildman–Crippen LogP) is 1.29. The fraction of sp³-hybridized carbons (Fsp3) is 0.500. The number of nitrogens with zero attached hydrogens (tertiary/aromatic N) is 1. The fourth-order valence-corrected chi connectivity index (χ4v) is 1.97. The van der Waals surface area contributed by atoms with Crippen LogP contribution in [0.5, 0.6) is 0 Å². The van der Waals surface area contributed by atoms with Crippen LogP contribution in [0.2, 0.25) is 0 Å². The largest absolute Gasteiger partial charge is 0.348 e. The van der Waals surface area contributed by atoms with Gasteiger partial charge in [0.2, 0.25) is 0 Å². The summed E-state index contributed by atoms with van der Waals surface area (Å²) in [7, 11) is 0. The zero-order valence-electron chi connectivity index (χ0n) is 9.94. The van der Waals surface area contributed by atoms with Crippen LogP contribution < -0.4 is 16.6 Å². The molecule has 5 nitrogen and oxygen atoms in total. The number of nitrogens with two attached hydrogens (primary N) is 1. The molecule has 1 aromatic heterocycles. The maximum Gasteiger partial charge on any atom is 0.270 e. The highest BCUT2D eigenvalue weighted by molar-refractivity contribution is 5.92. The van der Waals surface area contributed by atoms with Crippen molar-refractivity contribution in [3.63, 3.8) is 0 Å². The number of rotatable bonds is 5. The summed E-state index contributed by atoms with van der Waals surface area (Å²) in [5.41, 5.74) is 3.60. The van der Waals surface area contributed by atoms with Crippen LogP contribution in [0.1, 0.15) is 36.7 Å². The molecule has 1 fully saturated rings. The van der Waals surface area contributed by atoms with E-state index >= 15 is 0 Å². The molecule has 0 saturated heterocycles. The van der Waals surface area contributed by atoms with Crippen LogP contribution >= 0.6 is 0 Å². The smallest absolute Gasteiger partial charge is 0.270 e. The normalized spacial score (nSPS) is 22.0. The molecule has 1 saturated carbocycles. The van der Waals surface area contributed by atoms with E-state index in [0.717, 1.165) is 6.42 Å². The Morgan fingerprint density at radius 1 is 1.59 bits per heavy atom. The first-order chi connectivity index (χ1) is 8.24. The molecule has 2 unspecified atom stereocenters. The van der Waals surface area contributed by atoms with Gasteiger partial charge in [-0.05, 0) is 30.9 Å². The molecule has 4 N–H and O–H groups in total. The number of hydrazine groups is 1. The minimum absolute atomic E-state index is 0.0998. The Balaban J connectivity index is 1.87. The minimum Gasteiger partial charge on any atom is -0.348 e. The van der Waals surface area contributed by atoms with Gasteiger partial charge in [-0.3, -0.25) is 10.6 Å². The van der Waals surface area contributed by atoms with E-state index in [1.807, 2.05) is 0 Å². The summed E-state index contributed by atoms with van der Waals surface area (Å²) in [6, 6.07) is 3.75. The third kappa shape index (κ3) is 2.94. The molecule has 1 amide bonds. The van der Waals surface area contributed by atoms with Gasteiger partial charge in [0.1, 0.15) is 5.69 Å². The Kier molecular flexibility index (Phi) is 3.58. The number of nitrogens with one attached hydrogen (secondary N) is 2. The van der Waals surface area contributed by atoms with E-state index in [-0.39, 0.29) is 5.91 Å². The molecule has 1 heterocycles. The van der Waals surface area contributed by atoms with Crippen molar-refractivity contribution in [3.8, 4) is 0 Å². The van der Waals surface area contributed by atoms with E-state index in [9.17, 15) is 4.79 Å². The number of hydrogen-bond acceptors (Lipinski definition) is 4. The summed E-state index contributed by atoms with van der Waals surface area (Å²) < 4.78 is 0. The third-order valence-electron chi connectivity index (χ3n) is 3.06. The Hall–Kier alpha value is -1.62. The molecule has 2 atom stereocenters. The SMILES string of the molecule is CCCC1CC1NC(=O)c1ccc(NN)cn1. The number of amides is 1. The van der Waals surface area contributed by atoms with Gasteiger partial charge in [0, 0.05) is 6.04 Å². The van der Waals surface area contributed by atoms with E-state index in [1.165, 1.54) is 12.8 Å². The highest BCUT2D eigenvalue weighted by Crippen LogP contribution is 2.34. The molecule has 5 heteroatoms. The summed E-state index contributed by atoms with van der Waals surface area (Å²) >= 11 is 0. The number of pyridine rings is 1. The number of carbonyl (C=O) groups is 1. The van der Waals surface area contributed by atoms with Gasteiger partial charge in [-0.2, -0.15) is 0 Å². The number of anilines is 1. The summed E-state index contributed by atoms with van der Waals surface area (Å²) in [6.07, 6.45) is 5.01. The lowest BCUT2D eigenvalue weighted by molar-refractivity contribution is 0.0944. The van der Waals surface area contributed by atoms with Crippen molar-refractivity contribution in [3.05, 3.63) is 24.0 Å². The highest BCUT2D eigenvalue weighted by Gasteiger charge is 2.37. The summed E-state index contributed by atoms with van der Waals surface area (Å²) in [6.45, 7) is 2.16. The molecule has 0 aromatic carbocycles. The number of hydrogen-bond donors (Lipinski definition) is 3. The third-order valence-corrected chi connectivity index (χ3v) is 3.06. The second kappa shape index (κ2) is 5.14. The molecule has 1 aliphatic carbocycles. The molecular formula is C12H18N4O. The molecule has 1 aromatic rings. The van der Waals surface area contributed by atoms with E-state index in [2.05, 4.69) is 22.7 Å². The minimum atomic E-state index is -0.0998. The van der Waals surface area contributed by atoms with Crippen LogP contribution in [0.25, 0.3) is 0 Å². The maximum absolute atomic E-state index is 11.8. The van der Waals surface area contributed by atoms with E-state index < -0.39 is 0 Å². The zero-order chi connectivity index (χ0) is 12.3. The number of carbonyl (C=O) groups excluding carboxylic acids is 1. The van der Waals surface area contributed by atoms with Crippen molar-refractivity contribution < 1.29 is 4.79 Å². The van der Waals surface area contributed by atoms with Gasteiger partial charge in [0.25, 0.3) is 5.91 Å². The lowest BCUT2D eigenvalue weighted by Gasteiger charge is -2.04. The molecule has 92 valence electrons. The molecule has 17 heavy (non-hydrogen) atoms. The quantitative estimate of drug-likeness (QED) is 0.529. The van der Waals surface area contributed by atoms with Gasteiger partial charge in [0.05, 0.1) is 11.9 Å². The van der Waals surface area contributed by atoms with Crippen molar-refractivity contribution in [2.75, 3.05) is 5.43 Å². The lowest BCUT2D eigenvalue weighted by Crippen LogP contribution is -2.27. The fourth-order valence-electron chi connectivity index (χ4n) is 1.97. The van der Waals surface area contributed by atoms with Crippen LogP contribution in [-0.4, -0.2) is 16.9 Å². The molecule has 0 aliphatic heterocycles. The first-order valence-corrected chi connectivity index (χ1v) is 5.98. The first kappa shape index (κ1) is 11.9. The van der Waals surface area contributed by atoms with E-state index in [1.54, 1.807) is 18.3 Å². The van der Waals surface area contributed by atoms with Crippen molar-refractivity contribution in [1.82, 2.24) is 10.3 Å². The molecule has 2 rings (SSSR count). The van der Waals surface area contributed by atoms with Gasteiger partial charge in [0.15, 0.2) is 0 Å². The van der Waals surface area contributed by atoms with Gasteiger partial charge in [-0.15, -0.1) is 0 Å². The predicted molar refractivity (Wildman–Crippen MR) is 66.3 cm³/mol. The van der Waals surface area contributed by atoms with E-state index in [4.69, 9.17) is 5.84 Å². The molecule has 0 radical (unpaired) electrons. The monoisotopic (exact) mass is 234 g/mol. The zero-order valence-corrected chi connectivity index (χ0v) is 9.94. The Bertz CT molecular complexity index is 390. The Morgan fingerprint density at radius 2 is 2.41 bits per heavy atom. The van der Waals surface area contributed by atoms with Crippen LogP contribution in [-0.2, 0) is 0 Å². The van der Waals surface area contributed by atoms with Gasteiger partial charge >= 0.3 is 0 Å². The number of aromatic nitrogens is 1.